The second-order valence-corrected chi connectivity index (χ2v) is 8.56. The maximum atomic E-state index is 11.8. The summed E-state index contributed by atoms with van der Waals surface area (Å²) in [5.74, 6) is 2.39. The van der Waals surface area contributed by atoms with Crippen molar-refractivity contribution in [1.82, 2.24) is 0 Å². The molecule has 142 valence electrons. The van der Waals surface area contributed by atoms with Gasteiger partial charge in [0.1, 0.15) is 17.2 Å². The number of hydrogen-bond donors (Lipinski definition) is 1. The Kier molecular flexibility index (Phi) is 5.09. The van der Waals surface area contributed by atoms with Gasteiger partial charge in [-0.15, -0.1) is 0 Å². The van der Waals surface area contributed by atoms with Gasteiger partial charge in [-0.25, -0.2) is 9.48 Å². The highest BCUT2D eigenvalue weighted by Crippen LogP contribution is 2.41. The fraction of sp³-hybridized carbons (Fsp3) is 0.350. The Balaban J connectivity index is 1.81. The summed E-state index contributed by atoms with van der Waals surface area (Å²) in [6.07, 6.45) is 1.03. The van der Waals surface area contributed by atoms with E-state index < -0.39 is 5.72 Å². The van der Waals surface area contributed by atoms with Crippen LogP contribution in [0.25, 0.3) is 0 Å². The number of β-amino-alcohol motifs (C(OH)–C–C–N with tert-alkyl or cyclic N) is 1. The first-order chi connectivity index (χ1) is 13.1. The molecule has 0 radical (unpaired) electrons. The molecule has 27 heavy (non-hydrogen) atoms. The van der Waals surface area contributed by atoms with Crippen LogP contribution in [-0.4, -0.2) is 47.9 Å². The third-order valence-electron chi connectivity index (χ3n) is 5.02. The number of ether oxygens (including phenoxy) is 2. The third-order valence-corrected chi connectivity index (χ3v) is 6.74. The second-order valence-electron chi connectivity index (χ2n) is 6.58. The van der Waals surface area contributed by atoms with Crippen molar-refractivity contribution in [3.05, 3.63) is 52.5 Å². The molecule has 4 rings (SSSR count). The Morgan fingerprint density at radius 1 is 1.15 bits per heavy atom. The average Bonchev–Trinajstić information content (AvgIpc) is 3.02. The number of hydrogen-bond acceptors (Lipinski definition) is 5. The van der Waals surface area contributed by atoms with Crippen LogP contribution in [0, 0.1) is 0 Å². The lowest BCUT2D eigenvalue weighted by Crippen LogP contribution is -2.41. The first-order valence-electron chi connectivity index (χ1n) is 8.82. The number of aliphatic hydroxyl groups is 1. The SMILES string of the molecule is COc1ccc([C@@]2(O)CN(c3ccc(Br)cc3)C3=[N+]2CCCS3)c(OC)c1. The topological polar surface area (TPSA) is 44.9 Å². The van der Waals surface area contributed by atoms with E-state index in [4.69, 9.17) is 9.47 Å². The van der Waals surface area contributed by atoms with Gasteiger partial charge in [0.2, 0.25) is 0 Å². The Hall–Kier alpha value is -1.70. The summed E-state index contributed by atoms with van der Waals surface area (Å²) < 4.78 is 14.1. The molecule has 0 aromatic heterocycles. The summed E-state index contributed by atoms with van der Waals surface area (Å²) in [5, 5.41) is 12.9. The molecule has 2 heterocycles. The molecule has 0 saturated carbocycles. The molecule has 0 fully saturated rings. The lowest BCUT2D eigenvalue weighted by molar-refractivity contribution is -0.656. The van der Waals surface area contributed by atoms with Gasteiger partial charge < -0.3 is 14.6 Å². The maximum Gasteiger partial charge on any atom is 0.316 e. The Morgan fingerprint density at radius 2 is 1.93 bits per heavy atom. The molecule has 7 heteroatoms. The van der Waals surface area contributed by atoms with Crippen molar-refractivity contribution >= 4 is 38.5 Å². The predicted octanol–water partition coefficient (Wildman–Crippen LogP) is 3.64. The Bertz CT molecular complexity index is 887. The maximum absolute atomic E-state index is 11.8. The molecule has 0 amide bonds. The van der Waals surface area contributed by atoms with Gasteiger partial charge in [0.25, 0.3) is 5.72 Å². The van der Waals surface area contributed by atoms with Gasteiger partial charge in [-0.05, 0) is 54.6 Å². The molecule has 0 saturated heterocycles. The van der Waals surface area contributed by atoms with E-state index in [1.54, 1.807) is 26.0 Å². The molecule has 5 nitrogen and oxygen atoms in total. The van der Waals surface area contributed by atoms with Crippen LogP contribution in [0.15, 0.2) is 46.9 Å². The molecule has 0 spiro atoms. The number of halogens is 1. The van der Waals surface area contributed by atoms with Crippen molar-refractivity contribution < 1.29 is 19.2 Å². The van der Waals surface area contributed by atoms with E-state index in [0.717, 1.165) is 39.6 Å². The molecule has 1 N–H and O–H groups in total. The van der Waals surface area contributed by atoms with E-state index in [9.17, 15) is 5.11 Å². The average molecular weight is 450 g/mol. The zero-order valence-electron chi connectivity index (χ0n) is 15.3. The van der Waals surface area contributed by atoms with Crippen LogP contribution >= 0.6 is 27.7 Å². The van der Waals surface area contributed by atoms with Crippen LogP contribution in [-0.2, 0) is 5.72 Å². The summed E-state index contributed by atoms with van der Waals surface area (Å²) in [4.78, 5) is 2.19. The molecule has 2 aliphatic rings. The van der Waals surface area contributed by atoms with E-state index >= 15 is 0 Å². The van der Waals surface area contributed by atoms with Crippen LogP contribution < -0.4 is 14.4 Å². The predicted molar refractivity (Wildman–Crippen MR) is 112 cm³/mol. The van der Waals surface area contributed by atoms with Crippen LogP contribution in [0.1, 0.15) is 12.0 Å². The summed E-state index contributed by atoms with van der Waals surface area (Å²) >= 11 is 5.29. The second kappa shape index (κ2) is 7.37. The third kappa shape index (κ3) is 3.22. The highest BCUT2D eigenvalue weighted by Gasteiger charge is 2.54. The van der Waals surface area contributed by atoms with E-state index in [1.165, 1.54) is 0 Å². The van der Waals surface area contributed by atoms with Crippen molar-refractivity contribution in [2.24, 2.45) is 0 Å². The lowest BCUT2D eigenvalue weighted by atomic mass is 10.0. The number of anilines is 1. The first-order valence-corrected chi connectivity index (χ1v) is 10.6. The van der Waals surface area contributed by atoms with Crippen LogP contribution in [0.5, 0.6) is 11.5 Å². The summed E-state index contributed by atoms with van der Waals surface area (Å²) in [6.45, 7) is 1.25. The van der Waals surface area contributed by atoms with Gasteiger partial charge in [-0.3, -0.25) is 0 Å². The molecule has 2 aromatic rings. The largest absolute Gasteiger partial charge is 0.497 e. The monoisotopic (exact) mass is 449 g/mol. The molecule has 1 atom stereocenters. The van der Waals surface area contributed by atoms with Gasteiger partial charge >= 0.3 is 5.17 Å². The highest BCUT2D eigenvalue weighted by atomic mass is 79.9. The minimum atomic E-state index is -1.16. The lowest BCUT2D eigenvalue weighted by Gasteiger charge is -2.26. The van der Waals surface area contributed by atoms with Gasteiger partial charge in [0.15, 0.2) is 6.54 Å². The number of amidine groups is 1. The van der Waals surface area contributed by atoms with Crippen molar-refractivity contribution in [2.75, 3.05) is 38.0 Å². The molecule has 0 bridgehead atoms. The first kappa shape index (κ1) is 18.7. The zero-order valence-corrected chi connectivity index (χ0v) is 17.7. The van der Waals surface area contributed by atoms with Crippen molar-refractivity contribution in [1.29, 1.82) is 0 Å². The standard InChI is InChI=1S/C20H22BrN2O3S/c1-25-16-8-9-17(18(12-16)26-2)20(24)13-22(15-6-4-14(21)5-7-15)19-23(20)10-3-11-27-19/h4-9,12,24H,3,10-11,13H2,1-2H3/q+1/t20-/m0/s1. The van der Waals surface area contributed by atoms with E-state index in [0.29, 0.717) is 18.0 Å². The summed E-state index contributed by atoms with van der Waals surface area (Å²) in [7, 11) is 3.25. The summed E-state index contributed by atoms with van der Waals surface area (Å²) in [5.41, 5.74) is 0.661. The molecular formula is C20H22BrN2O3S+. The molecule has 2 aromatic carbocycles. The molecular weight excluding hydrogens is 428 g/mol. The number of benzene rings is 2. The van der Waals surface area contributed by atoms with Gasteiger partial charge in [-0.1, -0.05) is 15.9 Å². The number of rotatable bonds is 4. The van der Waals surface area contributed by atoms with Gasteiger partial charge in [0, 0.05) is 16.3 Å². The fourth-order valence-corrected chi connectivity index (χ4v) is 5.13. The van der Waals surface area contributed by atoms with Crippen molar-refractivity contribution in [2.45, 2.75) is 12.1 Å². The molecule has 2 aliphatic heterocycles. The minimum absolute atomic E-state index is 0.444. The van der Waals surface area contributed by atoms with Gasteiger partial charge in [0.05, 0.1) is 26.3 Å². The van der Waals surface area contributed by atoms with Crippen LogP contribution in [0.2, 0.25) is 0 Å². The quantitative estimate of drug-likeness (QED) is 0.721. The fourth-order valence-electron chi connectivity index (χ4n) is 3.68. The van der Waals surface area contributed by atoms with Crippen LogP contribution in [0.3, 0.4) is 0 Å². The van der Waals surface area contributed by atoms with Crippen molar-refractivity contribution in [3.8, 4) is 11.5 Å². The smallest absolute Gasteiger partial charge is 0.316 e. The molecule has 0 aliphatic carbocycles. The highest BCUT2D eigenvalue weighted by molar-refractivity contribution is 9.10. The number of methoxy groups -OCH3 is 2. The minimum Gasteiger partial charge on any atom is -0.497 e. The number of nitrogens with zero attached hydrogens (tertiary/aromatic N) is 2. The van der Waals surface area contributed by atoms with Crippen molar-refractivity contribution in [3.63, 3.8) is 0 Å². The summed E-state index contributed by atoms with van der Waals surface area (Å²) in [6, 6.07) is 13.8. The van der Waals surface area contributed by atoms with Gasteiger partial charge in [-0.2, -0.15) is 0 Å². The number of thioether (sulfide) groups is 1. The normalized spacial score (nSPS) is 22.0. The van der Waals surface area contributed by atoms with E-state index in [-0.39, 0.29) is 0 Å². The Morgan fingerprint density at radius 3 is 2.63 bits per heavy atom. The van der Waals surface area contributed by atoms with E-state index in [1.807, 2.05) is 30.3 Å². The zero-order chi connectivity index (χ0) is 19.0. The van der Waals surface area contributed by atoms with E-state index in [2.05, 4.69) is 37.5 Å². The molecule has 0 unspecified atom stereocenters. The van der Waals surface area contributed by atoms with Crippen LogP contribution in [0.4, 0.5) is 5.69 Å². The Labute approximate surface area is 171 Å².